The molecule has 2 heterocycles. The van der Waals surface area contributed by atoms with Crippen LogP contribution in [-0.4, -0.2) is 10.1 Å². The number of benzene rings is 2. The minimum Gasteiger partial charge on any atom is -0.505 e. The van der Waals surface area contributed by atoms with Crippen LogP contribution in [0.25, 0.3) is 10.9 Å². The molecule has 0 unspecified atom stereocenters. The summed E-state index contributed by atoms with van der Waals surface area (Å²) in [6, 6.07) is 21.8. The molecule has 0 spiro atoms. The average molecular weight is 356 g/mol. The van der Waals surface area contributed by atoms with E-state index < -0.39 is 0 Å². The summed E-state index contributed by atoms with van der Waals surface area (Å²) in [6.45, 7) is 4.01. The third kappa shape index (κ3) is 3.34. The smallest absolute Gasteiger partial charge is 0.272 e. The van der Waals surface area contributed by atoms with Crippen LogP contribution < -0.4 is 10.3 Å². The van der Waals surface area contributed by atoms with Gasteiger partial charge in [-0.25, -0.2) is 9.97 Å². The molecule has 0 saturated heterocycles. The van der Waals surface area contributed by atoms with Crippen LogP contribution in [-0.2, 0) is 0 Å². The Bertz CT molecular complexity index is 1090. The molecule has 2 aromatic carbocycles. The predicted octanol–water partition coefficient (Wildman–Crippen LogP) is 4.57. The van der Waals surface area contributed by atoms with Gasteiger partial charge in [0.25, 0.3) is 5.82 Å². The summed E-state index contributed by atoms with van der Waals surface area (Å²) >= 11 is 0. The largest absolute Gasteiger partial charge is 0.505 e. The number of hydrogen-bond acceptors (Lipinski definition) is 3. The molecule has 0 bridgehead atoms. The third-order valence-corrected chi connectivity index (χ3v) is 4.83. The van der Waals surface area contributed by atoms with Gasteiger partial charge in [0.2, 0.25) is 0 Å². The molecule has 27 heavy (non-hydrogen) atoms. The van der Waals surface area contributed by atoms with Crippen molar-refractivity contribution < 1.29 is 10.1 Å². The molecule has 0 aliphatic rings. The van der Waals surface area contributed by atoms with Gasteiger partial charge in [0.1, 0.15) is 17.3 Å². The Morgan fingerprint density at radius 2 is 1.67 bits per heavy atom. The maximum atomic E-state index is 11.1. The first-order valence-corrected chi connectivity index (χ1v) is 9.01. The molecule has 1 atom stereocenters. The molecule has 0 radical (unpaired) electrons. The van der Waals surface area contributed by atoms with E-state index >= 15 is 0 Å². The highest BCUT2D eigenvalue weighted by Gasteiger charge is 2.25. The van der Waals surface area contributed by atoms with Crippen molar-refractivity contribution >= 4 is 16.7 Å². The summed E-state index contributed by atoms with van der Waals surface area (Å²) in [5.74, 6) is 1.09. The number of rotatable bonds is 4. The number of aromatic amines is 1. The second-order valence-corrected chi connectivity index (χ2v) is 6.74. The van der Waals surface area contributed by atoms with Gasteiger partial charge in [0, 0.05) is 28.3 Å². The zero-order valence-corrected chi connectivity index (χ0v) is 15.4. The van der Waals surface area contributed by atoms with Crippen molar-refractivity contribution in [2.45, 2.75) is 19.9 Å². The Balaban J connectivity index is 1.89. The van der Waals surface area contributed by atoms with E-state index in [2.05, 4.69) is 34.3 Å². The lowest BCUT2D eigenvalue weighted by atomic mass is 9.93. The molecule has 4 nitrogen and oxygen atoms in total. The van der Waals surface area contributed by atoms with E-state index in [0.29, 0.717) is 5.52 Å². The normalized spacial score (nSPS) is 12.1. The topological polar surface area (TPSA) is 59.3 Å². The first kappa shape index (κ1) is 17.0. The summed E-state index contributed by atoms with van der Waals surface area (Å²) in [6.07, 6.45) is 1.88. The van der Waals surface area contributed by atoms with E-state index in [1.165, 1.54) is 0 Å². The molecule has 3 N–H and O–H groups in total. The number of fused-ring (bicyclic) bond motifs is 1. The van der Waals surface area contributed by atoms with Crippen molar-refractivity contribution in [1.82, 2.24) is 4.98 Å². The number of anilines is 1. The molecule has 0 saturated carbocycles. The van der Waals surface area contributed by atoms with E-state index in [9.17, 15) is 5.11 Å². The van der Waals surface area contributed by atoms with Crippen LogP contribution in [0.5, 0.6) is 5.75 Å². The Morgan fingerprint density at radius 3 is 2.44 bits per heavy atom. The quantitative estimate of drug-likeness (QED) is 0.563. The fraction of sp³-hybridized carbons (Fsp3) is 0.130. The Kier molecular flexibility index (Phi) is 4.47. The first-order chi connectivity index (χ1) is 13.1. The van der Waals surface area contributed by atoms with Crippen LogP contribution in [0.15, 0.2) is 72.9 Å². The summed E-state index contributed by atoms with van der Waals surface area (Å²) in [4.78, 5) is 7.77. The number of aromatic hydroxyl groups is 1. The van der Waals surface area contributed by atoms with Gasteiger partial charge < -0.3 is 5.11 Å². The molecule has 4 aromatic rings. The molecule has 134 valence electrons. The fourth-order valence-corrected chi connectivity index (χ4v) is 3.39. The summed E-state index contributed by atoms with van der Waals surface area (Å²) in [5, 5.41) is 15.5. The molecule has 0 fully saturated rings. The lowest BCUT2D eigenvalue weighted by Crippen LogP contribution is -2.19. The van der Waals surface area contributed by atoms with Gasteiger partial charge in [0.05, 0.1) is 6.20 Å². The number of H-pyrrole nitrogens is 1. The van der Waals surface area contributed by atoms with Crippen molar-refractivity contribution in [3.05, 3.63) is 95.3 Å². The van der Waals surface area contributed by atoms with E-state index in [-0.39, 0.29) is 11.8 Å². The van der Waals surface area contributed by atoms with Crippen molar-refractivity contribution in [3.8, 4) is 5.75 Å². The van der Waals surface area contributed by atoms with Gasteiger partial charge in [-0.2, -0.15) is 0 Å². The molecule has 4 heteroatoms. The number of nitrogens with one attached hydrogen (secondary N) is 2. The van der Waals surface area contributed by atoms with E-state index in [1.807, 2.05) is 67.7 Å². The first-order valence-electron chi connectivity index (χ1n) is 9.01. The maximum absolute atomic E-state index is 11.1. The van der Waals surface area contributed by atoms with Gasteiger partial charge in [-0.1, -0.05) is 42.5 Å². The molecule has 0 aliphatic heterocycles. The fourth-order valence-electron chi connectivity index (χ4n) is 3.39. The van der Waals surface area contributed by atoms with Crippen LogP contribution in [0, 0.1) is 13.8 Å². The van der Waals surface area contributed by atoms with E-state index in [1.54, 1.807) is 0 Å². The molecular formula is C23H22N3O+. The monoisotopic (exact) mass is 356 g/mol. The molecule has 4 rings (SSSR count). The molecule has 0 aliphatic carbocycles. The number of phenolic OH excluding ortho intramolecular Hbond substituents is 1. The molecule has 2 aromatic heterocycles. The Labute approximate surface area is 158 Å². The number of aryl methyl sites for hydroxylation is 2. The second-order valence-electron chi connectivity index (χ2n) is 6.74. The van der Waals surface area contributed by atoms with Gasteiger partial charge in [-0.05, 0) is 37.6 Å². The lowest BCUT2D eigenvalue weighted by molar-refractivity contribution is -0.361. The van der Waals surface area contributed by atoms with Crippen molar-refractivity contribution in [3.63, 3.8) is 0 Å². The van der Waals surface area contributed by atoms with Gasteiger partial charge in [-0.15, -0.1) is 0 Å². The van der Waals surface area contributed by atoms with Crippen molar-refractivity contribution in [1.29, 1.82) is 0 Å². The van der Waals surface area contributed by atoms with Crippen LogP contribution in [0.3, 0.4) is 0 Å². The summed E-state index contributed by atoms with van der Waals surface area (Å²) in [5.41, 5.74) is 4.57. The summed E-state index contributed by atoms with van der Waals surface area (Å²) < 4.78 is 0. The Morgan fingerprint density at radius 1 is 0.889 bits per heavy atom. The number of hydrogen-bond donors (Lipinski definition) is 2. The number of pyridine rings is 2. The standard InChI is InChI=1S/C23H21N3O/c1-15-7-3-4-8-18(15)22(26-20-9-5-6-14-24-20)19-13-12-17-11-10-16(2)25-21(17)23(19)27/h3-14,22,27H,1-2H3,(H,24,26)/p+1/t22-/m1/s1. The van der Waals surface area contributed by atoms with Crippen molar-refractivity contribution in [2.75, 3.05) is 5.32 Å². The van der Waals surface area contributed by atoms with Gasteiger partial charge in [0.15, 0.2) is 0 Å². The second kappa shape index (κ2) is 7.08. The average Bonchev–Trinajstić information content (AvgIpc) is 2.69. The zero-order chi connectivity index (χ0) is 18.8. The van der Waals surface area contributed by atoms with Crippen LogP contribution in [0.2, 0.25) is 0 Å². The molecule has 0 amide bonds. The van der Waals surface area contributed by atoms with Crippen LogP contribution in [0.1, 0.15) is 28.4 Å². The highest BCUT2D eigenvalue weighted by molar-refractivity contribution is 5.86. The van der Waals surface area contributed by atoms with Crippen LogP contribution >= 0.6 is 0 Å². The number of phenols is 1. The Hall–Kier alpha value is -3.40. The number of aromatic nitrogens is 2. The predicted molar refractivity (Wildman–Crippen MR) is 108 cm³/mol. The highest BCUT2D eigenvalue weighted by Crippen LogP contribution is 2.37. The van der Waals surface area contributed by atoms with Crippen molar-refractivity contribution in [2.24, 2.45) is 0 Å². The highest BCUT2D eigenvalue weighted by atomic mass is 16.3. The number of nitrogens with zero attached hydrogens (tertiary/aromatic N) is 1. The lowest BCUT2D eigenvalue weighted by Gasteiger charge is -2.19. The SMILES string of the molecule is Cc1ccc2ccc([C@H](Nc3cccc[nH+]3)c3ccccc3C)c(O)c2n1. The minimum absolute atomic E-state index is 0.212. The zero-order valence-electron chi connectivity index (χ0n) is 15.4. The third-order valence-electron chi connectivity index (χ3n) is 4.83. The minimum atomic E-state index is -0.212. The van der Waals surface area contributed by atoms with E-state index in [4.69, 9.17) is 0 Å². The maximum Gasteiger partial charge on any atom is 0.272 e. The van der Waals surface area contributed by atoms with Gasteiger partial charge in [-0.3, -0.25) is 5.32 Å². The van der Waals surface area contributed by atoms with E-state index in [0.717, 1.165) is 33.6 Å². The molecular weight excluding hydrogens is 334 g/mol. The summed E-state index contributed by atoms with van der Waals surface area (Å²) in [7, 11) is 0. The van der Waals surface area contributed by atoms with Crippen LogP contribution in [0.4, 0.5) is 5.82 Å². The van der Waals surface area contributed by atoms with Gasteiger partial charge >= 0.3 is 0 Å².